The van der Waals surface area contributed by atoms with Gasteiger partial charge >= 0.3 is 0 Å². The van der Waals surface area contributed by atoms with E-state index in [-0.39, 0.29) is 29.5 Å². The molecule has 0 saturated carbocycles. The van der Waals surface area contributed by atoms with E-state index >= 15 is 0 Å². The first-order valence-corrected chi connectivity index (χ1v) is 7.99. The van der Waals surface area contributed by atoms with Gasteiger partial charge in [0.25, 0.3) is 5.56 Å². The Hall–Kier alpha value is -2.54. The molecule has 0 aliphatic carbocycles. The lowest BCUT2D eigenvalue weighted by atomic mass is 9.71. The highest BCUT2D eigenvalue weighted by molar-refractivity contribution is 6.35. The van der Waals surface area contributed by atoms with Crippen molar-refractivity contribution in [1.82, 2.24) is 9.78 Å². The van der Waals surface area contributed by atoms with Crippen LogP contribution >= 0.6 is 11.6 Å². The number of halogens is 1. The van der Waals surface area contributed by atoms with Crippen LogP contribution in [0.4, 0.5) is 11.5 Å². The van der Waals surface area contributed by atoms with Gasteiger partial charge in [0.15, 0.2) is 0 Å². The van der Waals surface area contributed by atoms with E-state index in [0.717, 1.165) is 0 Å². The summed E-state index contributed by atoms with van der Waals surface area (Å²) in [5.74, 6) is -0.387. The third kappa shape index (κ3) is 1.70. The molecule has 0 radical (unpaired) electrons. The van der Waals surface area contributed by atoms with Gasteiger partial charge in [-0.2, -0.15) is 0 Å². The first-order chi connectivity index (χ1) is 11.4. The highest BCUT2D eigenvalue weighted by Gasteiger charge is 2.56. The minimum absolute atomic E-state index is 0.0832. The van der Waals surface area contributed by atoms with Crippen LogP contribution in [0.5, 0.6) is 0 Å². The number of carbonyl (C=O) groups excluding carboxylic acids is 2. The smallest absolute Gasteiger partial charge is 0.270 e. The summed E-state index contributed by atoms with van der Waals surface area (Å²) in [5.41, 5.74) is -0.466. The van der Waals surface area contributed by atoms with Gasteiger partial charge in [0.05, 0.1) is 22.7 Å². The number of H-pyrrole nitrogens is 1. The van der Waals surface area contributed by atoms with Crippen molar-refractivity contribution in [3.63, 3.8) is 0 Å². The van der Waals surface area contributed by atoms with Crippen molar-refractivity contribution in [2.75, 3.05) is 10.6 Å². The molecule has 2 aliphatic heterocycles. The maximum Gasteiger partial charge on any atom is 0.270 e. The molecule has 2 amide bonds. The molecule has 8 heteroatoms. The van der Waals surface area contributed by atoms with Gasteiger partial charge < -0.3 is 10.6 Å². The average molecular weight is 347 g/mol. The number of para-hydroxylation sites is 1. The third-order valence-electron chi connectivity index (χ3n) is 4.65. The van der Waals surface area contributed by atoms with Crippen molar-refractivity contribution < 1.29 is 9.59 Å². The maximum atomic E-state index is 12.9. The summed E-state index contributed by atoms with van der Waals surface area (Å²) in [4.78, 5) is 37.9. The molecule has 0 bridgehead atoms. The molecule has 7 nitrogen and oxygen atoms in total. The number of aromatic nitrogens is 2. The third-order valence-corrected chi connectivity index (χ3v) is 4.97. The van der Waals surface area contributed by atoms with Crippen LogP contribution < -0.4 is 16.2 Å². The second-order valence-corrected chi connectivity index (χ2v) is 6.78. The second-order valence-electron chi connectivity index (χ2n) is 6.38. The molecule has 4 rings (SSSR count). The van der Waals surface area contributed by atoms with E-state index < -0.39 is 11.3 Å². The summed E-state index contributed by atoms with van der Waals surface area (Å²) < 4.78 is 1.58. The molecule has 1 aromatic heterocycles. The topological polar surface area (TPSA) is 96.0 Å². The highest BCUT2D eigenvalue weighted by atomic mass is 35.5. The van der Waals surface area contributed by atoms with Crippen molar-refractivity contribution in [2.45, 2.75) is 31.7 Å². The number of benzene rings is 1. The lowest BCUT2D eigenvalue weighted by Crippen LogP contribution is -2.46. The number of aromatic amines is 1. The summed E-state index contributed by atoms with van der Waals surface area (Å²) in [6.07, 6.45) is -0.135. The van der Waals surface area contributed by atoms with Gasteiger partial charge in [0.2, 0.25) is 11.8 Å². The predicted molar refractivity (Wildman–Crippen MR) is 89.5 cm³/mol. The van der Waals surface area contributed by atoms with Crippen molar-refractivity contribution in [3.05, 3.63) is 44.7 Å². The number of hydrogen-bond acceptors (Lipinski definition) is 3. The monoisotopic (exact) mass is 346 g/mol. The van der Waals surface area contributed by atoms with Crippen molar-refractivity contribution in [1.29, 1.82) is 0 Å². The Morgan fingerprint density at radius 1 is 1.21 bits per heavy atom. The minimum Gasteiger partial charge on any atom is -0.323 e. The van der Waals surface area contributed by atoms with E-state index in [1.807, 2.05) is 13.8 Å². The Balaban J connectivity index is 2.10. The van der Waals surface area contributed by atoms with Gasteiger partial charge in [-0.25, -0.2) is 0 Å². The van der Waals surface area contributed by atoms with E-state index in [1.165, 1.54) is 0 Å². The SMILES string of the molecule is CC(C)n1[nH]c(=O)c2c1NC(=O)CC21C(=O)Nc2c(Cl)cccc21. The summed E-state index contributed by atoms with van der Waals surface area (Å²) in [6.45, 7) is 3.76. The van der Waals surface area contributed by atoms with E-state index in [4.69, 9.17) is 11.6 Å². The molecule has 1 spiro atoms. The number of rotatable bonds is 1. The summed E-state index contributed by atoms with van der Waals surface area (Å²) in [5, 5.41) is 8.57. The van der Waals surface area contributed by atoms with Gasteiger partial charge in [-0.3, -0.25) is 24.2 Å². The molecule has 124 valence electrons. The number of nitrogens with one attached hydrogen (secondary N) is 3. The molecular formula is C16H15ClN4O3. The molecule has 2 aliphatic rings. The van der Waals surface area contributed by atoms with Crippen LogP contribution in [0.3, 0.4) is 0 Å². The zero-order valence-corrected chi connectivity index (χ0v) is 13.8. The van der Waals surface area contributed by atoms with Crippen LogP contribution in [-0.4, -0.2) is 21.6 Å². The lowest BCUT2D eigenvalue weighted by Gasteiger charge is -2.31. The van der Waals surface area contributed by atoms with E-state index in [0.29, 0.717) is 22.1 Å². The standard InChI is InChI=1S/C16H15ClN4O3/c1-7(2)21-13-11(14(23)20-21)16(6-10(22)18-13)8-4-3-5-9(17)12(8)19-15(16)24/h3-5,7H,6H2,1-2H3,(H,18,22)(H,19,24)(H,20,23). The first kappa shape index (κ1) is 15.0. The molecule has 0 fully saturated rings. The van der Waals surface area contributed by atoms with Crippen molar-refractivity contribution in [3.8, 4) is 0 Å². The van der Waals surface area contributed by atoms with Crippen LogP contribution in [0.15, 0.2) is 23.0 Å². The minimum atomic E-state index is -1.36. The summed E-state index contributed by atoms with van der Waals surface area (Å²) in [6, 6.07) is 5.02. The molecular weight excluding hydrogens is 332 g/mol. The molecule has 1 atom stereocenters. The van der Waals surface area contributed by atoms with Gasteiger partial charge in [-0.05, 0) is 25.5 Å². The molecule has 1 aromatic carbocycles. The number of amides is 2. The van der Waals surface area contributed by atoms with Crippen LogP contribution in [0.25, 0.3) is 0 Å². The summed E-state index contributed by atoms with van der Waals surface area (Å²) >= 11 is 6.19. The molecule has 3 heterocycles. The average Bonchev–Trinajstić information content (AvgIpc) is 2.98. The first-order valence-electron chi connectivity index (χ1n) is 7.61. The number of anilines is 2. The molecule has 2 aromatic rings. The Morgan fingerprint density at radius 3 is 2.67 bits per heavy atom. The van der Waals surface area contributed by atoms with Crippen LogP contribution in [-0.2, 0) is 15.0 Å². The zero-order chi connectivity index (χ0) is 17.2. The Morgan fingerprint density at radius 2 is 1.96 bits per heavy atom. The summed E-state index contributed by atoms with van der Waals surface area (Å²) in [7, 11) is 0. The van der Waals surface area contributed by atoms with E-state index in [9.17, 15) is 14.4 Å². The Labute approximate surface area is 142 Å². The lowest BCUT2D eigenvalue weighted by molar-refractivity contribution is -0.125. The molecule has 0 saturated heterocycles. The Kier molecular flexibility index (Phi) is 2.96. The quantitative estimate of drug-likeness (QED) is 0.736. The fourth-order valence-corrected chi connectivity index (χ4v) is 3.86. The fourth-order valence-electron chi connectivity index (χ4n) is 3.63. The van der Waals surface area contributed by atoms with Gasteiger partial charge in [-0.15, -0.1) is 0 Å². The normalized spacial score (nSPS) is 21.7. The largest absolute Gasteiger partial charge is 0.323 e. The molecule has 1 unspecified atom stereocenters. The number of carbonyl (C=O) groups is 2. The Bertz CT molecular complexity index is 959. The van der Waals surface area contributed by atoms with Gasteiger partial charge in [-0.1, -0.05) is 23.7 Å². The maximum absolute atomic E-state index is 12.9. The van der Waals surface area contributed by atoms with Crippen LogP contribution in [0, 0.1) is 0 Å². The van der Waals surface area contributed by atoms with Crippen LogP contribution in [0.2, 0.25) is 5.02 Å². The number of hydrogen-bond donors (Lipinski definition) is 3. The van der Waals surface area contributed by atoms with Gasteiger partial charge in [0, 0.05) is 6.04 Å². The number of nitrogens with zero attached hydrogens (tertiary/aromatic N) is 1. The zero-order valence-electron chi connectivity index (χ0n) is 13.1. The van der Waals surface area contributed by atoms with E-state index in [1.54, 1.807) is 22.9 Å². The van der Waals surface area contributed by atoms with Crippen molar-refractivity contribution >= 4 is 34.9 Å². The van der Waals surface area contributed by atoms with E-state index in [2.05, 4.69) is 15.7 Å². The second kappa shape index (κ2) is 4.73. The fraction of sp³-hybridized carbons (Fsp3) is 0.312. The highest BCUT2D eigenvalue weighted by Crippen LogP contribution is 2.50. The van der Waals surface area contributed by atoms with Gasteiger partial charge in [0.1, 0.15) is 11.2 Å². The predicted octanol–water partition coefficient (Wildman–Crippen LogP) is 1.99. The molecule has 24 heavy (non-hydrogen) atoms. The van der Waals surface area contributed by atoms with Crippen molar-refractivity contribution in [2.24, 2.45) is 0 Å². The molecule has 3 N–H and O–H groups in total. The van der Waals surface area contributed by atoms with Crippen LogP contribution in [0.1, 0.15) is 37.4 Å². The number of fused-ring (bicyclic) bond motifs is 4.